The second-order valence-corrected chi connectivity index (χ2v) is 6.93. The molecular weight excluding hydrogens is 348 g/mol. The van der Waals surface area contributed by atoms with Crippen LogP contribution in [0.15, 0.2) is 16.6 Å². The van der Waals surface area contributed by atoms with Crippen LogP contribution in [0, 0.1) is 0 Å². The van der Waals surface area contributed by atoms with Crippen LogP contribution in [0.5, 0.6) is 11.5 Å². The van der Waals surface area contributed by atoms with Crippen molar-refractivity contribution >= 4 is 21.8 Å². The summed E-state index contributed by atoms with van der Waals surface area (Å²) >= 11 is 3.54. The molecule has 1 heterocycles. The Morgan fingerprint density at radius 3 is 2.50 bits per heavy atom. The van der Waals surface area contributed by atoms with E-state index >= 15 is 0 Å². The van der Waals surface area contributed by atoms with Crippen LogP contribution in [0.4, 0.5) is 0 Å². The van der Waals surface area contributed by atoms with Crippen molar-refractivity contribution in [2.75, 3.05) is 13.2 Å². The number of hydrogen-bond donors (Lipinski definition) is 2. The van der Waals surface area contributed by atoms with E-state index in [0.29, 0.717) is 19.0 Å². The fraction of sp³-hybridized carbons (Fsp3) is 0.562. The van der Waals surface area contributed by atoms with Gasteiger partial charge in [-0.05, 0) is 37.5 Å². The number of fused-ring (bicyclic) bond motifs is 1. The molecule has 1 aliphatic heterocycles. The average Bonchev–Trinajstić information content (AvgIpc) is 2.94. The van der Waals surface area contributed by atoms with Gasteiger partial charge in [0, 0.05) is 4.47 Å². The van der Waals surface area contributed by atoms with Gasteiger partial charge in [0.2, 0.25) is 5.91 Å². The molecule has 1 atom stereocenters. The molecule has 0 radical (unpaired) electrons. The molecule has 1 fully saturated rings. The second kappa shape index (κ2) is 6.08. The topological polar surface area (TPSA) is 73.6 Å². The third-order valence-electron chi connectivity index (χ3n) is 4.42. The summed E-state index contributed by atoms with van der Waals surface area (Å²) in [7, 11) is 0. The first-order valence-electron chi connectivity index (χ1n) is 7.68. The minimum Gasteiger partial charge on any atom is -0.486 e. The largest absolute Gasteiger partial charge is 0.486 e. The fourth-order valence-corrected chi connectivity index (χ4v) is 3.73. The molecule has 3 N–H and O–H groups in total. The Bertz CT molecular complexity index is 585. The lowest BCUT2D eigenvalue weighted by molar-refractivity contribution is -0.126. The maximum Gasteiger partial charge on any atom is 0.240 e. The van der Waals surface area contributed by atoms with Gasteiger partial charge in [0.05, 0.1) is 11.6 Å². The molecule has 3 rings (SSSR count). The molecule has 1 aromatic carbocycles. The third kappa shape index (κ3) is 2.94. The molecule has 0 bridgehead atoms. The van der Waals surface area contributed by atoms with Gasteiger partial charge in [-0.1, -0.05) is 28.8 Å². The number of nitrogens with one attached hydrogen (secondary N) is 1. The SMILES string of the molecule is CC(NC(=O)C1(N)CCCC1)c1cc2c(cc1Br)OCCO2. The Balaban J connectivity index is 1.77. The van der Waals surface area contributed by atoms with Crippen LogP contribution in [-0.2, 0) is 4.79 Å². The van der Waals surface area contributed by atoms with Crippen LogP contribution in [0.3, 0.4) is 0 Å². The van der Waals surface area contributed by atoms with E-state index in [0.717, 1.165) is 41.5 Å². The number of amides is 1. The van der Waals surface area contributed by atoms with Gasteiger partial charge in [0.1, 0.15) is 13.2 Å². The molecule has 0 spiro atoms. The lowest BCUT2D eigenvalue weighted by atomic mass is 9.97. The van der Waals surface area contributed by atoms with E-state index < -0.39 is 5.54 Å². The number of hydrogen-bond acceptors (Lipinski definition) is 4. The van der Waals surface area contributed by atoms with Gasteiger partial charge in [-0.25, -0.2) is 0 Å². The number of nitrogens with two attached hydrogens (primary N) is 1. The van der Waals surface area contributed by atoms with Crippen molar-refractivity contribution in [1.29, 1.82) is 0 Å². The predicted octanol–water partition coefficient (Wildman–Crippen LogP) is 2.67. The highest BCUT2D eigenvalue weighted by molar-refractivity contribution is 9.10. The summed E-state index contributed by atoms with van der Waals surface area (Å²) < 4.78 is 12.1. The summed E-state index contributed by atoms with van der Waals surface area (Å²) in [6, 6.07) is 3.65. The summed E-state index contributed by atoms with van der Waals surface area (Å²) in [5.41, 5.74) is 6.45. The van der Waals surface area contributed by atoms with Gasteiger partial charge in [-0.3, -0.25) is 4.79 Å². The first-order chi connectivity index (χ1) is 10.5. The number of carbonyl (C=O) groups excluding carboxylic acids is 1. The van der Waals surface area contributed by atoms with E-state index in [4.69, 9.17) is 15.2 Å². The van der Waals surface area contributed by atoms with Crippen molar-refractivity contribution in [3.05, 3.63) is 22.2 Å². The minimum absolute atomic E-state index is 0.0701. The van der Waals surface area contributed by atoms with E-state index in [1.165, 1.54) is 0 Å². The van der Waals surface area contributed by atoms with E-state index in [1.54, 1.807) is 0 Å². The standard InChI is InChI=1S/C16H21BrN2O3/c1-10(19-15(20)16(18)4-2-3-5-16)11-8-13-14(9-12(11)17)22-7-6-21-13/h8-10H,2-7,18H2,1H3,(H,19,20). The molecule has 2 aliphatic rings. The molecule has 22 heavy (non-hydrogen) atoms. The molecule has 1 unspecified atom stereocenters. The van der Waals surface area contributed by atoms with E-state index in [1.807, 2.05) is 19.1 Å². The maximum absolute atomic E-state index is 12.4. The fourth-order valence-electron chi connectivity index (χ4n) is 3.06. The molecule has 120 valence electrons. The second-order valence-electron chi connectivity index (χ2n) is 6.08. The number of carbonyl (C=O) groups is 1. The zero-order chi connectivity index (χ0) is 15.7. The van der Waals surface area contributed by atoms with E-state index in [9.17, 15) is 4.79 Å². The molecule has 1 saturated carbocycles. The first kappa shape index (κ1) is 15.6. The number of rotatable bonds is 3. The molecule has 6 heteroatoms. The van der Waals surface area contributed by atoms with Crippen molar-refractivity contribution in [3.8, 4) is 11.5 Å². The number of benzene rings is 1. The quantitative estimate of drug-likeness (QED) is 0.859. The molecular formula is C16H21BrN2O3. The van der Waals surface area contributed by atoms with Crippen molar-refractivity contribution in [2.24, 2.45) is 5.73 Å². The minimum atomic E-state index is -0.714. The van der Waals surface area contributed by atoms with Crippen LogP contribution in [-0.4, -0.2) is 24.7 Å². The van der Waals surface area contributed by atoms with Crippen LogP contribution in [0.2, 0.25) is 0 Å². The Morgan fingerprint density at radius 1 is 1.27 bits per heavy atom. The number of halogens is 1. The predicted molar refractivity (Wildman–Crippen MR) is 87.1 cm³/mol. The zero-order valence-corrected chi connectivity index (χ0v) is 14.2. The lowest BCUT2D eigenvalue weighted by Crippen LogP contribution is -2.52. The first-order valence-corrected chi connectivity index (χ1v) is 8.48. The van der Waals surface area contributed by atoms with E-state index in [2.05, 4.69) is 21.2 Å². The summed E-state index contributed by atoms with van der Waals surface area (Å²) in [5, 5.41) is 3.04. The smallest absolute Gasteiger partial charge is 0.240 e. The monoisotopic (exact) mass is 368 g/mol. The normalized spacial score (nSPS) is 20.5. The Hall–Kier alpha value is -1.27. The molecule has 1 amide bonds. The Labute approximate surface area is 138 Å². The molecule has 1 aliphatic carbocycles. The molecule has 0 aromatic heterocycles. The third-order valence-corrected chi connectivity index (χ3v) is 5.11. The highest BCUT2D eigenvalue weighted by Gasteiger charge is 2.37. The summed E-state index contributed by atoms with van der Waals surface area (Å²) in [4.78, 5) is 12.4. The van der Waals surface area contributed by atoms with Crippen LogP contribution < -0.4 is 20.5 Å². The summed E-state index contributed by atoms with van der Waals surface area (Å²) in [6.07, 6.45) is 3.56. The summed E-state index contributed by atoms with van der Waals surface area (Å²) in [5.74, 6) is 1.37. The van der Waals surface area contributed by atoms with Crippen molar-refractivity contribution in [1.82, 2.24) is 5.32 Å². The Morgan fingerprint density at radius 2 is 1.86 bits per heavy atom. The molecule has 5 nitrogen and oxygen atoms in total. The lowest BCUT2D eigenvalue weighted by Gasteiger charge is -2.27. The van der Waals surface area contributed by atoms with E-state index in [-0.39, 0.29) is 11.9 Å². The van der Waals surface area contributed by atoms with Crippen molar-refractivity contribution in [3.63, 3.8) is 0 Å². The van der Waals surface area contributed by atoms with Crippen LogP contribution in [0.25, 0.3) is 0 Å². The van der Waals surface area contributed by atoms with Gasteiger partial charge >= 0.3 is 0 Å². The van der Waals surface area contributed by atoms with Gasteiger partial charge in [0.15, 0.2) is 11.5 Å². The highest BCUT2D eigenvalue weighted by Crippen LogP contribution is 2.38. The molecule has 1 aromatic rings. The van der Waals surface area contributed by atoms with Gasteiger partial charge in [-0.15, -0.1) is 0 Å². The van der Waals surface area contributed by atoms with Gasteiger partial charge in [-0.2, -0.15) is 0 Å². The Kier molecular flexibility index (Phi) is 4.32. The zero-order valence-electron chi connectivity index (χ0n) is 12.7. The average molecular weight is 369 g/mol. The van der Waals surface area contributed by atoms with Gasteiger partial charge in [0.25, 0.3) is 0 Å². The maximum atomic E-state index is 12.4. The van der Waals surface area contributed by atoms with Crippen molar-refractivity contribution < 1.29 is 14.3 Å². The number of ether oxygens (including phenoxy) is 2. The van der Waals surface area contributed by atoms with Crippen LogP contribution >= 0.6 is 15.9 Å². The molecule has 0 saturated heterocycles. The summed E-state index contributed by atoms with van der Waals surface area (Å²) in [6.45, 7) is 3.05. The van der Waals surface area contributed by atoms with Crippen LogP contribution in [0.1, 0.15) is 44.2 Å². The van der Waals surface area contributed by atoms with Crippen molar-refractivity contribution in [2.45, 2.75) is 44.2 Å². The van der Waals surface area contributed by atoms with Gasteiger partial charge < -0.3 is 20.5 Å². The highest BCUT2D eigenvalue weighted by atomic mass is 79.9.